The van der Waals surface area contributed by atoms with Gasteiger partial charge in [-0.1, -0.05) is 12.2 Å². The van der Waals surface area contributed by atoms with Crippen molar-refractivity contribution < 1.29 is 9.90 Å². The van der Waals surface area contributed by atoms with Crippen LogP contribution in [0.25, 0.3) is 0 Å². The van der Waals surface area contributed by atoms with Crippen LogP contribution in [0.3, 0.4) is 0 Å². The molecule has 0 heterocycles. The van der Waals surface area contributed by atoms with E-state index in [-0.39, 0.29) is 0 Å². The lowest BCUT2D eigenvalue weighted by atomic mass is 9.97. The Hall–Kier alpha value is -0.500. The lowest BCUT2D eigenvalue weighted by Gasteiger charge is -2.09. The van der Waals surface area contributed by atoms with Crippen LogP contribution in [0.4, 0.5) is 0 Å². The molecule has 0 amide bonds. The van der Waals surface area contributed by atoms with Crippen LogP contribution in [0.15, 0.2) is 12.2 Å². The van der Waals surface area contributed by atoms with Gasteiger partial charge >= 0.3 is 5.97 Å². The Labute approximate surface area is 71.9 Å². The van der Waals surface area contributed by atoms with Crippen LogP contribution in [0.1, 0.15) is 19.8 Å². The van der Waals surface area contributed by atoms with Crippen molar-refractivity contribution in [3.05, 3.63) is 12.2 Å². The van der Waals surface area contributed by atoms with Crippen molar-refractivity contribution in [2.24, 2.45) is 5.92 Å². The van der Waals surface area contributed by atoms with Gasteiger partial charge in [-0.3, -0.25) is 4.79 Å². The van der Waals surface area contributed by atoms with E-state index in [9.17, 15) is 4.79 Å². The summed E-state index contributed by atoms with van der Waals surface area (Å²) in [5, 5.41) is 8.67. The van der Waals surface area contributed by atoms with E-state index in [0.717, 1.165) is 6.42 Å². The lowest BCUT2D eigenvalue weighted by molar-refractivity contribution is -0.140. The quantitative estimate of drug-likeness (QED) is 0.516. The maximum absolute atomic E-state index is 10.5. The molecule has 0 aliphatic carbocycles. The van der Waals surface area contributed by atoms with E-state index in [1.165, 1.54) is 0 Å². The number of hydrogen-bond donors (Lipinski definition) is 1. The van der Waals surface area contributed by atoms with Crippen molar-refractivity contribution in [2.75, 3.05) is 5.88 Å². The minimum atomic E-state index is -0.803. The van der Waals surface area contributed by atoms with Crippen molar-refractivity contribution >= 4 is 17.6 Å². The van der Waals surface area contributed by atoms with Crippen molar-refractivity contribution in [3.8, 4) is 0 Å². The average molecular weight is 177 g/mol. The summed E-state index contributed by atoms with van der Waals surface area (Å²) in [6, 6.07) is 0. The van der Waals surface area contributed by atoms with Gasteiger partial charge in [0.05, 0.1) is 5.92 Å². The van der Waals surface area contributed by atoms with Gasteiger partial charge in [0, 0.05) is 5.88 Å². The largest absolute Gasteiger partial charge is 0.481 e. The molecule has 1 N–H and O–H groups in total. The molecule has 0 spiro atoms. The molecule has 0 radical (unpaired) electrons. The molecule has 0 fully saturated rings. The Morgan fingerprint density at radius 1 is 1.73 bits per heavy atom. The number of carboxylic acids is 1. The van der Waals surface area contributed by atoms with Crippen LogP contribution in [0, 0.1) is 5.92 Å². The number of alkyl halides is 1. The summed E-state index contributed by atoms with van der Waals surface area (Å²) >= 11 is 5.43. The zero-order chi connectivity index (χ0) is 8.85. The molecule has 0 aliphatic rings. The fraction of sp³-hybridized carbons (Fsp3) is 0.625. The molecule has 0 aromatic rings. The van der Waals surface area contributed by atoms with Crippen LogP contribution >= 0.6 is 11.6 Å². The zero-order valence-corrected chi connectivity index (χ0v) is 7.40. The molecule has 0 rings (SSSR count). The van der Waals surface area contributed by atoms with Crippen molar-refractivity contribution in [3.63, 3.8) is 0 Å². The highest BCUT2D eigenvalue weighted by molar-refractivity contribution is 6.17. The van der Waals surface area contributed by atoms with Crippen LogP contribution < -0.4 is 0 Å². The highest BCUT2D eigenvalue weighted by Gasteiger charge is 2.16. The minimum Gasteiger partial charge on any atom is -0.481 e. The molecule has 0 saturated heterocycles. The maximum atomic E-state index is 10.5. The van der Waals surface area contributed by atoms with Gasteiger partial charge in [0.2, 0.25) is 0 Å². The molecule has 2 nitrogen and oxygen atoms in total. The van der Waals surface area contributed by atoms with E-state index in [0.29, 0.717) is 17.9 Å². The standard InChI is InChI=1S/C8H13ClO2/c1-6(2)7(8(10)11)4-3-5-9/h7H,1,3-5H2,2H3,(H,10,11). The van der Waals surface area contributed by atoms with Crippen molar-refractivity contribution in [1.82, 2.24) is 0 Å². The molecule has 0 aromatic carbocycles. The van der Waals surface area contributed by atoms with E-state index in [2.05, 4.69) is 6.58 Å². The summed E-state index contributed by atoms with van der Waals surface area (Å²) in [4.78, 5) is 10.5. The monoisotopic (exact) mass is 176 g/mol. The fourth-order valence-corrected chi connectivity index (χ4v) is 1.02. The minimum absolute atomic E-state index is 0.422. The van der Waals surface area contributed by atoms with Crippen LogP contribution in [-0.4, -0.2) is 17.0 Å². The number of hydrogen-bond acceptors (Lipinski definition) is 1. The third kappa shape index (κ3) is 4.04. The highest BCUT2D eigenvalue weighted by atomic mass is 35.5. The van der Waals surface area contributed by atoms with E-state index in [4.69, 9.17) is 16.7 Å². The molecule has 1 atom stereocenters. The average Bonchev–Trinajstić information content (AvgIpc) is 1.87. The molecule has 0 saturated carbocycles. The van der Waals surface area contributed by atoms with Gasteiger partial charge < -0.3 is 5.11 Å². The Kier molecular flexibility index (Phi) is 4.95. The Morgan fingerprint density at radius 2 is 2.27 bits per heavy atom. The third-order valence-electron chi connectivity index (χ3n) is 1.52. The summed E-state index contributed by atoms with van der Waals surface area (Å²) in [5.74, 6) is -0.715. The fourth-order valence-electron chi connectivity index (χ4n) is 0.862. The number of carboxylic acid groups (broad SMARTS) is 1. The summed E-state index contributed by atoms with van der Waals surface area (Å²) in [6.45, 7) is 5.33. The maximum Gasteiger partial charge on any atom is 0.310 e. The molecular formula is C8H13ClO2. The van der Waals surface area contributed by atoms with Gasteiger partial charge in [-0.15, -0.1) is 11.6 Å². The first-order chi connectivity index (χ1) is 5.09. The summed E-state index contributed by atoms with van der Waals surface area (Å²) < 4.78 is 0. The first-order valence-corrected chi connectivity index (χ1v) is 4.07. The molecule has 0 bridgehead atoms. The van der Waals surface area contributed by atoms with Gasteiger partial charge in [0.1, 0.15) is 0 Å². The molecule has 11 heavy (non-hydrogen) atoms. The molecular weight excluding hydrogens is 164 g/mol. The molecule has 64 valence electrons. The van der Waals surface area contributed by atoms with Gasteiger partial charge in [0.15, 0.2) is 0 Å². The molecule has 1 unspecified atom stereocenters. The Morgan fingerprint density at radius 3 is 2.55 bits per heavy atom. The van der Waals surface area contributed by atoms with Crippen LogP contribution in [0.2, 0.25) is 0 Å². The number of halogens is 1. The van der Waals surface area contributed by atoms with Gasteiger partial charge in [-0.25, -0.2) is 0 Å². The molecule has 0 aromatic heterocycles. The predicted molar refractivity (Wildman–Crippen MR) is 45.9 cm³/mol. The predicted octanol–water partition coefficient (Wildman–Crippen LogP) is 2.28. The molecule has 3 heteroatoms. The van der Waals surface area contributed by atoms with Crippen LogP contribution in [-0.2, 0) is 4.79 Å². The van der Waals surface area contributed by atoms with Gasteiger partial charge in [-0.05, 0) is 19.8 Å². The van der Waals surface area contributed by atoms with Gasteiger partial charge in [-0.2, -0.15) is 0 Å². The van der Waals surface area contributed by atoms with Crippen molar-refractivity contribution in [1.29, 1.82) is 0 Å². The first-order valence-electron chi connectivity index (χ1n) is 3.53. The summed E-state index contributed by atoms with van der Waals surface area (Å²) in [5.41, 5.74) is 0.697. The second kappa shape index (κ2) is 5.19. The van der Waals surface area contributed by atoms with Gasteiger partial charge in [0.25, 0.3) is 0 Å². The van der Waals surface area contributed by atoms with E-state index < -0.39 is 11.9 Å². The Balaban J connectivity index is 3.90. The lowest BCUT2D eigenvalue weighted by Crippen LogP contribution is -2.14. The highest BCUT2D eigenvalue weighted by Crippen LogP contribution is 2.15. The third-order valence-corrected chi connectivity index (χ3v) is 1.79. The van der Waals surface area contributed by atoms with Crippen molar-refractivity contribution in [2.45, 2.75) is 19.8 Å². The normalized spacial score (nSPS) is 12.5. The number of rotatable bonds is 5. The number of aliphatic carboxylic acids is 1. The zero-order valence-electron chi connectivity index (χ0n) is 6.64. The first kappa shape index (κ1) is 10.5. The van der Waals surface area contributed by atoms with E-state index >= 15 is 0 Å². The summed E-state index contributed by atoms with van der Waals surface area (Å²) in [7, 11) is 0. The topological polar surface area (TPSA) is 37.3 Å². The second-order valence-electron chi connectivity index (χ2n) is 2.57. The Bertz CT molecular complexity index is 140. The van der Waals surface area contributed by atoms with E-state index in [1.807, 2.05) is 0 Å². The second-order valence-corrected chi connectivity index (χ2v) is 2.95. The molecule has 0 aliphatic heterocycles. The van der Waals surface area contributed by atoms with E-state index in [1.54, 1.807) is 6.92 Å². The smallest absolute Gasteiger partial charge is 0.310 e. The number of carbonyl (C=O) groups is 1. The summed E-state index contributed by atoms with van der Waals surface area (Å²) in [6.07, 6.45) is 1.32. The SMILES string of the molecule is C=C(C)C(CCCCl)C(=O)O. The van der Waals surface area contributed by atoms with Crippen LogP contribution in [0.5, 0.6) is 0 Å².